The van der Waals surface area contributed by atoms with Crippen LogP contribution in [0.5, 0.6) is 5.75 Å². The van der Waals surface area contributed by atoms with Gasteiger partial charge in [-0.25, -0.2) is 8.42 Å². The van der Waals surface area contributed by atoms with E-state index in [-0.39, 0.29) is 11.5 Å². The first-order chi connectivity index (χ1) is 9.96. The number of sulfonamides is 1. The molecule has 2 N–H and O–H groups in total. The lowest BCUT2D eigenvalue weighted by atomic mass is 10.2. The first kappa shape index (κ1) is 15.8. The fourth-order valence-electron chi connectivity index (χ4n) is 1.71. The average molecular weight is 372 g/mol. The Morgan fingerprint density at radius 2 is 1.86 bits per heavy atom. The molecule has 0 aliphatic carbocycles. The Morgan fingerprint density at radius 3 is 2.38 bits per heavy atom. The number of aliphatic hydroxyl groups is 1. The van der Waals surface area contributed by atoms with Gasteiger partial charge >= 0.3 is 0 Å². The lowest BCUT2D eigenvalue weighted by Crippen LogP contribution is -2.13. The van der Waals surface area contributed by atoms with Gasteiger partial charge in [-0.2, -0.15) is 0 Å². The van der Waals surface area contributed by atoms with Gasteiger partial charge in [0.15, 0.2) is 0 Å². The second-order valence-corrected chi connectivity index (χ2v) is 6.79. The van der Waals surface area contributed by atoms with Crippen LogP contribution in [0.3, 0.4) is 0 Å². The van der Waals surface area contributed by atoms with E-state index in [1.807, 2.05) is 0 Å². The number of rotatable bonds is 5. The van der Waals surface area contributed by atoms with Gasteiger partial charge in [0.1, 0.15) is 5.75 Å². The van der Waals surface area contributed by atoms with E-state index in [1.165, 1.54) is 19.2 Å². The van der Waals surface area contributed by atoms with E-state index in [4.69, 9.17) is 9.84 Å². The molecule has 0 heterocycles. The third-order valence-corrected chi connectivity index (χ3v) is 4.82. The van der Waals surface area contributed by atoms with Crippen LogP contribution in [-0.4, -0.2) is 20.6 Å². The molecule has 0 amide bonds. The molecule has 2 rings (SSSR count). The highest BCUT2D eigenvalue weighted by Gasteiger charge is 2.16. The summed E-state index contributed by atoms with van der Waals surface area (Å²) in [6.45, 7) is -0.0849. The zero-order valence-corrected chi connectivity index (χ0v) is 13.6. The van der Waals surface area contributed by atoms with E-state index in [0.717, 1.165) is 0 Å². The van der Waals surface area contributed by atoms with Gasteiger partial charge in [0.25, 0.3) is 10.0 Å². The Balaban J connectivity index is 2.26. The Labute approximate surface area is 131 Å². The van der Waals surface area contributed by atoms with Gasteiger partial charge < -0.3 is 9.84 Å². The molecule has 0 radical (unpaired) electrons. The van der Waals surface area contributed by atoms with E-state index in [0.29, 0.717) is 21.5 Å². The second kappa shape index (κ2) is 6.46. The molecule has 2 aromatic rings. The predicted octanol–water partition coefficient (Wildman–Crippen LogP) is 2.75. The second-order valence-electron chi connectivity index (χ2n) is 4.26. The maximum Gasteiger partial charge on any atom is 0.261 e. The van der Waals surface area contributed by atoms with Gasteiger partial charge in [-0.3, -0.25) is 4.72 Å². The molecule has 0 saturated heterocycles. The minimum atomic E-state index is -3.68. The van der Waals surface area contributed by atoms with Crippen LogP contribution >= 0.6 is 15.9 Å². The van der Waals surface area contributed by atoms with Crippen LogP contribution in [0.1, 0.15) is 5.56 Å². The summed E-state index contributed by atoms with van der Waals surface area (Å²) in [5.41, 5.74) is 1.14. The minimum absolute atomic E-state index is 0.0849. The molecule has 0 unspecified atom stereocenters. The van der Waals surface area contributed by atoms with Crippen LogP contribution in [-0.2, 0) is 16.6 Å². The average Bonchev–Trinajstić information content (AvgIpc) is 2.47. The Bertz CT molecular complexity index is 729. The molecule has 2 aromatic carbocycles. The van der Waals surface area contributed by atoms with Crippen molar-refractivity contribution in [1.82, 2.24) is 0 Å². The maximum atomic E-state index is 12.3. The fourth-order valence-corrected chi connectivity index (χ4v) is 3.48. The highest BCUT2D eigenvalue weighted by Crippen LogP contribution is 2.28. The van der Waals surface area contributed by atoms with Gasteiger partial charge in [0.05, 0.1) is 23.1 Å². The minimum Gasteiger partial charge on any atom is -0.496 e. The molecule has 0 aromatic heterocycles. The lowest BCUT2D eigenvalue weighted by Gasteiger charge is -2.10. The molecule has 0 spiro atoms. The van der Waals surface area contributed by atoms with E-state index in [1.54, 1.807) is 30.3 Å². The van der Waals surface area contributed by atoms with Crippen molar-refractivity contribution in [1.29, 1.82) is 0 Å². The van der Waals surface area contributed by atoms with Gasteiger partial charge in [-0.1, -0.05) is 12.1 Å². The van der Waals surface area contributed by atoms with Crippen molar-refractivity contribution in [3.8, 4) is 5.75 Å². The van der Waals surface area contributed by atoms with Crippen LogP contribution in [0, 0.1) is 0 Å². The van der Waals surface area contributed by atoms with Crippen molar-refractivity contribution in [2.75, 3.05) is 11.8 Å². The van der Waals surface area contributed by atoms with E-state index in [9.17, 15) is 8.42 Å². The number of hydrogen-bond donors (Lipinski definition) is 2. The quantitative estimate of drug-likeness (QED) is 0.846. The third kappa shape index (κ3) is 3.75. The molecular weight excluding hydrogens is 358 g/mol. The molecule has 7 heteroatoms. The highest BCUT2D eigenvalue weighted by atomic mass is 79.9. The number of benzene rings is 2. The molecule has 0 saturated carbocycles. The van der Waals surface area contributed by atoms with Crippen molar-refractivity contribution < 1.29 is 18.3 Å². The fraction of sp³-hybridized carbons (Fsp3) is 0.143. The molecule has 0 bridgehead atoms. The van der Waals surface area contributed by atoms with Crippen molar-refractivity contribution in [3.05, 3.63) is 52.5 Å². The summed E-state index contributed by atoms with van der Waals surface area (Å²) in [6, 6.07) is 11.0. The largest absolute Gasteiger partial charge is 0.496 e. The summed E-state index contributed by atoms with van der Waals surface area (Å²) in [4.78, 5) is 0.126. The predicted molar refractivity (Wildman–Crippen MR) is 83.9 cm³/mol. The van der Waals surface area contributed by atoms with Crippen LogP contribution in [0.25, 0.3) is 0 Å². The molecule has 0 aliphatic rings. The molecule has 112 valence electrons. The van der Waals surface area contributed by atoms with Crippen LogP contribution in [0.15, 0.2) is 51.8 Å². The van der Waals surface area contributed by atoms with Crippen LogP contribution in [0.4, 0.5) is 5.69 Å². The zero-order valence-electron chi connectivity index (χ0n) is 11.2. The summed E-state index contributed by atoms with van der Waals surface area (Å²) < 4.78 is 32.7. The molecular formula is C14H14BrNO4S. The monoisotopic (exact) mass is 371 g/mol. The third-order valence-electron chi connectivity index (χ3n) is 2.82. The summed E-state index contributed by atoms with van der Waals surface area (Å²) in [5.74, 6) is 0.557. The maximum absolute atomic E-state index is 12.3. The summed E-state index contributed by atoms with van der Waals surface area (Å²) in [7, 11) is -2.17. The number of hydrogen-bond acceptors (Lipinski definition) is 4. The molecule has 5 nitrogen and oxygen atoms in total. The van der Waals surface area contributed by atoms with E-state index >= 15 is 0 Å². The van der Waals surface area contributed by atoms with E-state index in [2.05, 4.69) is 20.7 Å². The van der Waals surface area contributed by atoms with Crippen molar-refractivity contribution in [2.45, 2.75) is 11.5 Å². The highest BCUT2D eigenvalue weighted by molar-refractivity contribution is 9.10. The number of halogens is 1. The standard InChI is InChI=1S/C14H14BrNO4S/c1-20-14-7-6-12(8-13(14)15)21(18,19)16-11-4-2-10(9-17)3-5-11/h2-8,16-17H,9H2,1H3. The SMILES string of the molecule is COc1ccc(S(=O)(=O)Nc2ccc(CO)cc2)cc1Br. The summed E-state index contributed by atoms with van der Waals surface area (Å²) in [6.07, 6.45) is 0. The van der Waals surface area contributed by atoms with Crippen molar-refractivity contribution >= 4 is 31.6 Å². The number of aliphatic hydroxyl groups excluding tert-OH is 1. The molecule has 0 aliphatic heterocycles. The van der Waals surface area contributed by atoms with Crippen molar-refractivity contribution in [2.24, 2.45) is 0 Å². The summed E-state index contributed by atoms with van der Waals surface area (Å²) in [5, 5.41) is 8.96. The van der Waals surface area contributed by atoms with Crippen LogP contribution in [0.2, 0.25) is 0 Å². The topological polar surface area (TPSA) is 75.6 Å². The normalized spacial score (nSPS) is 11.2. The van der Waals surface area contributed by atoms with Gasteiger partial charge in [0.2, 0.25) is 0 Å². The number of methoxy groups -OCH3 is 1. The number of nitrogens with one attached hydrogen (secondary N) is 1. The number of ether oxygens (including phenoxy) is 1. The van der Waals surface area contributed by atoms with E-state index < -0.39 is 10.0 Å². The Hall–Kier alpha value is -1.57. The van der Waals surface area contributed by atoms with Crippen molar-refractivity contribution in [3.63, 3.8) is 0 Å². The number of anilines is 1. The Kier molecular flexibility index (Phi) is 4.87. The first-order valence-corrected chi connectivity index (χ1v) is 8.30. The molecule has 0 atom stereocenters. The molecule has 21 heavy (non-hydrogen) atoms. The summed E-state index contributed by atoms with van der Waals surface area (Å²) >= 11 is 3.26. The van der Waals surface area contributed by atoms with Gasteiger partial charge in [-0.05, 0) is 51.8 Å². The van der Waals surface area contributed by atoms with Crippen LogP contribution < -0.4 is 9.46 Å². The smallest absolute Gasteiger partial charge is 0.261 e. The first-order valence-electron chi connectivity index (χ1n) is 6.02. The molecule has 0 fully saturated rings. The zero-order chi connectivity index (χ0) is 15.5. The van der Waals surface area contributed by atoms with Gasteiger partial charge in [-0.15, -0.1) is 0 Å². The van der Waals surface area contributed by atoms with Gasteiger partial charge in [0, 0.05) is 5.69 Å². The lowest BCUT2D eigenvalue weighted by molar-refractivity contribution is 0.282. The Morgan fingerprint density at radius 1 is 1.19 bits per heavy atom.